The van der Waals surface area contributed by atoms with Gasteiger partial charge in [0.05, 0.1) is 6.10 Å². The molecule has 0 saturated carbocycles. The van der Waals surface area contributed by atoms with E-state index in [9.17, 15) is 5.11 Å². The molecule has 0 aliphatic carbocycles. The Morgan fingerprint density at radius 3 is 1.81 bits per heavy atom. The lowest BCUT2D eigenvalue weighted by atomic mass is 9.87. The molecule has 0 saturated heterocycles. The Morgan fingerprint density at radius 2 is 1.38 bits per heavy atom. The Morgan fingerprint density at radius 1 is 0.812 bits per heavy atom. The molecule has 0 amide bonds. The van der Waals surface area contributed by atoms with Crippen LogP contribution in [0.15, 0.2) is 0 Å². The van der Waals surface area contributed by atoms with Gasteiger partial charge in [-0.3, -0.25) is 0 Å². The fourth-order valence-electron chi connectivity index (χ4n) is 2.02. The van der Waals surface area contributed by atoms with Crippen LogP contribution in [0.3, 0.4) is 0 Å². The summed E-state index contributed by atoms with van der Waals surface area (Å²) >= 11 is 0. The van der Waals surface area contributed by atoms with E-state index >= 15 is 0 Å². The van der Waals surface area contributed by atoms with E-state index in [1.165, 1.54) is 25.7 Å². The number of unbranched alkanes of at least 4 members (excludes halogenated alkanes) is 2. The minimum Gasteiger partial charge on any atom is -0.393 e. The molecule has 0 aliphatic rings. The van der Waals surface area contributed by atoms with Crippen molar-refractivity contribution in [3.8, 4) is 0 Å². The number of hydrogen-bond donors (Lipinski definition) is 1. The average Bonchev–Trinajstić information content (AvgIpc) is 1.97. The maximum absolute atomic E-state index is 9.84. The highest BCUT2D eigenvalue weighted by Gasteiger charge is 2.16. The Bertz CT molecular complexity index is 171. The van der Waals surface area contributed by atoms with Gasteiger partial charge in [-0.25, -0.2) is 0 Å². The van der Waals surface area contributed by atoms with Crippen molar-refractivity contribution in [1.82, 2.24) is 0 Å². The van der Waals surface area contributed by atoms with Gasteiger partial charge in [0.25, 0.3) is 0 Å². The van der Waals surface area contributed by atoms with Crippen LogP contribution in [0.4, 0.5) is 0 Å². The molecule has 1 atom stereocenters. The van der Waals surface area contributed by atoms with Gasteiger partial charge < -0.3 is 5.11 Å². The second-order valence-corrected chi connectivity index (χ2v) is 7.58. The lowest BCUT2D eigenvalue weighted by molar-refractivity contribution is 0.110. The van der Waals surface area contributed by atoms with Crippen LogP contribution in [-0.2, 0) is 0 Å². The summed E-state index contributed by atoms with van der Waals surface area (Å²) in [6.07, 6.45) is 6.82. The van der Waals surface area contributed by atoms with Crippen molar-refractivity contribution < 1.29 is 5.11 Å². The van der Waals surface area contributed by atoms with E-state index in [1.54, 1.807) is 0 Å². The SMILES string of the molecule is CC(C)(C)CCCCCC(O)CC(C)(C)C. The van der Waals surface area contributed by atoms with Crippen molar-refractivity contribution in [2.45, 2.75) is 86.2 Å². The molecule has 1 nitrogen and oxygen atoms in total. The predicted molar refractivity (Wildman–Crippen MR) is 72.6 cm³/mol. The molecular weight excluding hydrogens is 196 g/mol. The molecule has 98 valence electrons. The largest absolute Gasteiger partial charge is 0.393 e. The highest BCUT2D eigenvalue weighted by atomic mass is 16.3. The first kappa shape index (κ1) is 16.0. The number of hydrogen-bond acceptors (Lipinski definition) is 1. The van der Waals surface area contributed by atoms with E-state index in [-0.39, 0.29) is 11.5 Å². The summed E-state index contributed by atoms with van der Waals surface area (Å²) in [7, 11) is 0. The zero-order valence-electron chi connectivity index (χ0n) is 12.3. The van der Waals surface area contributed by atoms with Gasteiger partial charge in [0.1, 0.15) is 0 Å². The van der Waals surface area contributed by atoms with Crippen molar-refractivity contribution in [1.29, 1.82) is 0 Å². The van der Waals surface area contributed by atoms with Crippen LogP contribution in [0.5, 0.6) is 0 Å². The lowest BCUT2D eigenvalue weighted by Crippen LogP contribution is -2.17. The van der Waals surface area contributed by atoms with Crippen LogP contribution < -0.4 is 0 Å². The van der Waals surface area contributed by atoms with E-state index in [4.69, 9.17) is 0 Å². The standard InChI is InChI=1S/C15H32O/c1-14(2,3)11-9-7-8-10-13(16)12-15(4,5)6/h13,16H,7-12H2,1-6H3. The summed E-state index contributed by atoms with van der Waals surface area (Å²) in [5, 5.41) is 9.84. The van der Waals surface area contributed by atoms with Crippen LogP contribution in [0.1, 0.15) is 80.1 Å². The van der Waals surface area contributed by atoms with Crippen molar-refractivity contribution in [3.63, 3.8) is 0 Å². The van der Waals surface area contributed by atoms with Crippen LogP contribution in [-0.4, -0.2) is 11.2 Å². The molecule has 0 rings (SSSR count). The van der Waals surface area contributed by atoms with Crippen LogP contribution in [0, 0.1) is 10.8 Å². The first-order chi connectivity index (χ1) is 7.10. The molecule has 0 aliphatic heterocycles. The average molecular weight is 228 g/mol. The Hall–Kier alpha value is -0.0400. The fourth-order valence-corrected chi connectivity index (χ4v) is 2.02. The van der Waals surface area contributed by atoms with Crippen LogP contribution >= 0.6 is 0 Å². The van der Waals surface area contributed by atoms with Gasteiger partial charge in [-0.15, -0.1) is 0 Å². The fraction of sp³-hybridized carbons (Fsp3) is 1.00. The Labute approximate surface area is 103 Å². The van der Waals surface area contributed by atoms with Gasteiger partial charge in [0, 0.05) is 0 Å². The van der Waals surface area contributed by atoms with Crippen LogP contribution in [0.2, 0.25) is 0 Å². The maximum atomic E-state index is 9.84. The molecule has 0 spiro atoms. The van der Waals surface area contributed by atoms with Crippen molar-refractivity contribution in [3.05, 3.63) is 0 Å². The van der Waals surface area contributed by atoms with Crippen molar-refractivity contribution in [2.75, 3.05) is 0 Å². The molecule has 16 heavy (non-hydrogen) atoms. The third kappa shape index (κ3) is 12.0. The molecule has 0 bridgehead atoms. The first-order valence-electron chi connectivity index (χ1n) is 6.78. The second-order valence-electron chi connectivity index (χ2n) is 7.58. The number of aliphatic hydroxyl groups is 1. The topological polar surface area (TPSA) is 20.2 Å². The molecular formula is C15H32O. The number of aliphatic hydroxyl groups excluding tert-OH is 1. The van der Waals surface area contributed by atoms with Gasteiger partial charge in [0.2, 0.25) is 0 Å². The first-order valence-corrected chi connectivity index (χ1v) is 6.78. The van der Waals surface area contributed by atoms with E-state index in [1.807, 2.05) is 0 Å². The Balaban J connectivity index is 3.45. The summed E-state index contributed by atoms with van der Waals surface area (Å²) in [5.74, 6) is 0. The Kier molecular flexibility index (Phi) is 6.62. The van der Waals surface area contributed by atoms with Gasteiger partial charge >= 0.3 is 0 Å². The molecule has 0 heterocycles. The summed E-state index contributed by atoms with van der Waals surface area (Å²) in [6.45, 7) is 13.5. The predicted octanol–water partition coefficient (Wildman–Crippen LogP) is 4.78. The molecule has 0 aromatic carbocycles. The highest BCUT2D eigenvalue weighted by Crippen LogP contribution is 2.25. The summed E-state index contributed by atoms with van der Waals surface area (Å²) in [6, 6.07) is 0. The highest BCUT2D eigenvalue weighted by molar-refractivity contribution is 4.68. The molecule has 0 aromatic heterocycles. The third-order valence-corrected chi connectivity index (χ3v) is 2.81. The normalized spacial score (nSPS) is 15.2. The molecule has 0 aromatic rings. The summed E-state index contributed by atoms with van der Waals surface area (Å²) in [4.78, 5) is 0. The minimum absolute atomic E-state index is 0.102. The zero-order chi connectivity index (χ0) is 12.8. The molecule has 0 fully saturated rings. The van der Waals surface area contributed by atoms with Gasteiger partial charge in [0.15, 0.2) is 0 Å². The van der Waals surface area contributed by atoms with Crippen molar-refractivity contribution >= 4 is 0 Å². The molecule has 0 radical (unpaired) electrons. The lowest BCUT2D eigenvalue weighted by Gasteiger charge is -2.22. The van der Waals surface area contributed by atoms with Crippen molar-refractivity contribution in [2.24, 2.45) is 10.8 Å². The molecule has 1 N–H and O–H groups in total. The van der Waals surface area contributed by atoms with Gasteiger partial charge in [-0.2, -0.15) is 0 Å². The summed E-state index contributed by atoms with van der Waals surface area (Å²) in [5.41, 5.74) is 0.717. The smallest absolute Gasteiger partial charge is 0.0545 e. The molecule has 1 heteroatoms. The third-order valence-electron chi connectivity index (χ3n) is 2.81. The monoisotopic (exact) mass is 228 g/mol. The van der Waals surface area contributed by atoms with Crippen LogP contribution in [0.25, 0.3) is 0 Å². The maximum Gasteiger partial charge on any atom is 0.0545 e. The molecule has 1 unspecified atom stereocenters. The van der Waals surface area contributed by atoms with Gasteiger partial charge in [-0.1, -0.05) is 60.8 Å². The van der Waals surface area contributed by atoms with E-state index in [0.717, 1.165) is 12.8 Å². The van der Waals surface area contributed by atoms with E-state index < -0.39 is 0 Å². The quantitative estimate of drug-likeness (QED) is 0.649. The minimum atomic E-state index is -0.102. The van der Waals surface area contributed by atoms with E-state index in [2.05, 4.69) is 41.5 Å². The van der Waals surface area contributed by atoms with Gasteiger partial charge in [-0.05, 0) is 30.1 Å². The summed E-state index contributed by atoms with van der Waals surface area (Å²) < 4.78 is 0. The number of rotatable bonds is 6. The van der Waals surface area contributed by atoms with E-state index in [0.29, 0.717) is 5.41 Å². The second kappa shape index (κ2) is 6.64. The zero-order valence-corrected chi connectivity index (χ0v) is 12.3.